The van der Waals surface area contributed by atoms with Crippen LogP contribution in [0.1, 0.15) is 30.3 Å². The Hall–Kier alpha value is -2.34. The highest BCUT2D eigenvalue weighted by Crippen LogP contribution is 2.27. The quantitative estimate of drug-likeness (QED) is 0.880. The van der Waals surface area contributed by atoms with Crippen LogP contribution in [-0.4, -0.2) is 22.8 Å². The van der Waals surface area contributed by atoms with Crippen molar-refractivity contribution in [3.05, 3.63) is 51.4 Å². The molecule has 2 aromatic rings. The maximum atomic E-state index is 12.3. The molecule has 1 amide bonds. The molecule has 0 radical (unpaired) electrons. The van der Waals surface area contributed by atoms with Gasteiger partial charge in [0.1, 0.15) is 11.4 Å². The summed E-state index contributed by atoms with van der Waals surface area (Å²) in [5.74, 6) is 0.118. The van der Waals surface area contributed by atoms with E-state index >= 15 is 0 Å². The Bertz CT molecular complexity index is 758. The predicted molar refractivity (Wildman–Crippen MR) is 89.4 cm³/mol. The van der Waals surface area contributed by atoms with Crippen LogP contribution in [0, 0.1) is 0 Å². The molecule has 0 aliphatic heterocycles. The molecule has 2 rings (SSSR count). The van der Waals surface area contributed by atoms with Gasteiger partial charge in [-0.05, 0) is 30.7 Å². The minimum Gasteiger partial charge on any atom is -0.495 e. The number of benzene rings is 1. The second-order valence-corrected chi connectivity index (χ2v) is 5.34. The van der Waals surface area contributed by atoms with Gasteiger partial charge in [0.05, 0.1) is 12.1 Å². The SMILES string of the molecule is CCCCn1nc(C(=O)Nc2ccc(OC)c(Cl)c2)ccc1=O. The fraction of sp³-hybridized carbons (Fsp3) is 0.312. The number of ether oxygens (including phenoxy) is 1. The highest BCUT2D eigenvalue weighted by molar-refractivity contribution is 6.32. The van der Waals surface area contributed by atoms with Crippen molar-refractivity contribution in [2.75, 3.05) is 12.4 Å². The number of hydrogen-bond acceptors (Lipinski definition) is 4. The standard InChI is InChI=1S/C16H18ClN3O3/c1-3-4-9-20-15(21)8-6-13(19-20)16(22)18-11-5-7-14(23-2)12(17)10-11/h5-8,10H,3-4,9H2,1-2H3,(H,18,22). The van der Waals surface area contributed by atoms with Gasteiger partial charge in [-0.25, -0.2) is 4.68 Å². The summed E-state index contributed by atoms with van der Waals surface area (Å²) in [6.45, 7) is 2.51. The number of aromatic nitrogens is 2. The van der Waals surface area contributed by atoms with Crippen LogP contribution in [0.5, 0.6) is 5.75 Å². The van der Waals surface area contributed by atoms with E-state index in [2.05, 4.69) is 10.4 Å². The van der Waals surface area contributed by atoms with E-state index in [0.29, 0.717) is 23.0 Å². The van der Waals surface area contributed by atoms with Crippen molar-refractivity contribution in [3.8, 4) is 5.75 Å². The van der Waals surface area contributed by atoms with Crippen LogP contribution < -0.4 is 15.6 Å². The third-order valence-corrected chi connectivity index (χ3v) is 3.53. The predicted octanol–water partition coefficient (Wildman–Crippen LogP) is 2.96. The van der Waals surface area contributed by atoms with Crippen molar-refractivity contribution >= 4 is 23.2 Å². The molecule has 0 aliphatic carbocycles. The van der Waals surface area contributed by atoms with E-state index in [-0.39, 0.29) is 11.3 Å². The number of amides is 1. The Morgan fingerprint density at radius 3 is 2.78 bits per heavy atom. The number of halogens is 1. The largest absolute Gasteiger partial charge is 0.495 e. The molecule has 0 saturated carbocycles. The van der Waals surface area contributed by atoms with Crippen LogP contribution in [0.15, 0.2) is 35.1 Å². The molecule has 122 valence electrons. The number of nitrogens with one attached hydrogen (secondary N) is 1. The lowest BCUT2D eigenvalue weighted by molar-refractivity contribution is 0.101. The van der Waals surface area contributed by atoms with Crippen LogP contribution >= 0.6 is 11.6 Å². The van der Waals surface area contributed by atoms with Crippen molar-refractivity contribution in [2.24, 2.45) is 0 Å². The molecule has 1 heterocycles. The number of methoxy groups -OCH3 is 1. The minimum atomic E-state index is -0.406. The fourth-order valence-electron chi connectivity index (χ4n) is 1.98. The van der Waals surface area contributed by atoms with Gasteiger partial charge in [0.15, 0.2) is 0 Å². The van der Waals surface area contributed by atoms with Crippen LogP contribution in [0.2, 0.25) is 5.02 Å². The molecule has 6 nitrogen and oxygen atoms in total. The molecule has 0 atom stereocenters. The lowest BCUT2D eigenvalue weighted by Gasteiger charge is -2.09. The van der Waals surface area contributed by atoms with E-state index in [9.17, 15) is 9.59 Å². The number of hydrogen-bond donors (Lipinski definition) is 1. The van der Waals surface area contributed by atoms with Crippen LogP contribution in [0.25, 0.3) is 0 Å². The average molecular weight is 336 g/mol. The van der Waals surface area contributed by atoms with E-state index < -0.39 is 5.91 Å². The van der Waals surface area contributed by atoms with Gasteiger partial charge < -0.3 is 10.1 Å². The van der Waals surface area contributed by atoms with Gasteiger partial charge in [0, 0.05) is 18.3 Å². The monoisotopic (exact) mass is 335 g/mol. The lowest BCUT2D eigenvalue weighted by Crippen LogP contribution is -2.26. The first-order valence-electron chi connectivity index (χ1n) is 7.28. The summed E-state index contributed by atoms with van der Waals surface area (Å²) in [6.07, 6.45) is 1.76. The zero-order valence-electron chi connectivity index (χ0n) is 13.0. The first-order chi connectivity index (χ1) is 11.0. The van der Waals surface area contributed by atoms with Gasteiger partial charge in [0.25, 0.3) is 11.5 Å². The van der Waals surface area contributed by atoms with E-state index in [0.717, 1.165) is 12.8 Å². The van der Waals surface area contributed by atoms with Crippen molar-refractivity contribution in [1.29, 1.82) is 0 Å². The smallest absolute Gasteiger partial charge is 0.276 e. The van der Waals surface area contributed by atoms with Gasteiger partial charge >= 0.3 is 0 Å². The Morgan fingerprint density at radius 1 is 1.35 bits per heavy atom. The molecule has 1 N–H and O–H groups in total. The van der Waals surface area contributed by atoms with E-state index in [1.807, 2.05) is 6.92 Å². The first-order valence-corrected chi connectivity index (χ1v) is 7.66. The molecule has 0 spiro atoms. The molecule has 23 heavy (non-hydrogen) atoms. The normalized spacial score (nSPS) is 10.4. The summed E-state index contributed by atoms with van der Waals surface area (Å²) in [6, 6.07) is 7.68. The van der Waals surface area contributed by atoms with Crippen LogP contribution in [0.3, 0.4) is 0 Å². The van der Waals surface area contributed by atoms with Crippen molar-refractivity contribution in [3.63, 3.8) is 0 Å². The number of aryl methyl sites for hydroxylation is 1. The molecule has 7 heteroatoms. The van der Waals surface area contributed by atoms with Crippen molar-refractivity contribution in [1.82, 2.24) is 9.78 Å². The third kappa shape index (κ3) is 4.32. The number of carbonyl (C=O) groups is 1. The molecular formula is C16H18ClN3O3. The summed E-state index contributed by atoms with van der Waals surface area (Å²) < 4.78 is 6.37. The van der Waals surface area contributed by atoms with Crippen molar-refractivity contribution in [2.45, 2.75) is 26.3 Å². The summed E-state index contributed by atoms with van der Waals surface area (Å²) in [5, 5.41) is 7.19. The number of rotatable bonds is 6. The highest BCUT2D eigenvalue weighted by Gasteiger charge is 2.11. The Morgan fingerprint density at radius 2 is 2.13 bits per heavy atom. The molecule has 0 bridgehead atoms. The highest BCUT2D eigenvalue weighted by atomic mass is 35.5. The number of carbonyl (C=O) groups excluding carboxylic acids is 1. The minimum absolute atomic E-state index is 0.174. The van der Waals surface area contributed by atoms with E-state index in [1.165, 1.54) is 23.9 Å². The second kappa shape index (κ2) is 7.78. The lowest BCUT2D eigenvalue weighted by atomic mass is 10.3. The third-order valence-electron chi connectivity index (χ3n) is 3.23. The molecule has 0 aliphatic rings. The van der Waals surface area contributed by atoms with E-state index in [4.69, 9.17) is 16.3 Å². The Labute approximate surface area is 139 Å². The zero-order chi connectivity index (χ0) is 16.8. The van der Waals surface area contributed by atoms with E-state index in [1.54, 1.807) is 18.2 Å². The average Bonchev–Trinajstić information content (AvgIpc) is 2.54. The summed E-state index contributed by atoms with van der Waals surface area (Å²) in [7, 11) is 1.52. The summed E-state index contributed by atoms with van der Waals surface area (Å²) in [4.78, 5) is 24.0. The maximum Gasteiger partial charge on any atom is 0.276 e. The fourth-order valence-corrected chi connectivity index (χ4v) is 2.24. The Balaban J connectivity index is 2.17. The van der Waals surface area contributed by atoms with Crippen molar-refractivity contribution < 1.29 is 9.53 Å². The second-order valence-electron chi connectivity index (χ2n) is 4.94. The van der Waals surface area contributed by atoms with Gasteiger partial charge in [-0.2, -0.15) is 5.10 Å². The number of nitrogens with zero attached hydrogens (tertiary/aromatic N) is 2. The molecule has 1 aromatic carbocycles. The number of unbranched alkanes of at least 4 members (excludes halogenated alkanes) is 1. The molecule has 1 aromatic heterocycles. The maximum absolute atomic E-state index is 12.3. The summed E-state index contributed by atoms with van der Waals surface area (Å²) in [5.41, 5.74) is 0.476. The Kier molecular flexibility index (Phi) is 5.76. The van der Waals surface area contributed by atoms with Gasteiger partial charge in [-0.15, -0.1) is 0 Å². The van der Waals surface area contributed by atoms with Gasteiger partial charge in [0.2, 0.25) is 0 Å². The van der Waals surface area contributed by atoms with Gasteiger partial charge in [-0.1, -0.05) is 24.9 Å². The zero-order valence-corrected chi connectivity index (χ0v) is 13.8. The van der Waals surface area contributed by atoms with Crippen LogP contribution in [-0.2, 0) is 6.54 Å². The topological polar surface area (TPSA) is 73.2 Å². The summed E-state index contributed by atoms with van der Waals surface area (Å²) >= 11 is 6.02. The van der Waals surface area contributed by atoms with Crippen LogP contribution in [0.4, 0.5) is 5.69 Å². The molecular weight excluding hydrogens is 318 g/mol. The molecule has 0 saturated heterocycles. The first kappa shape index (κ1) is 17.0. The number of anilines is 1. The molecule has 0 fully saturated rings. The molecule has 0 unspecified atom stereocenters. The van der Waals surface area contributed by atoms with Gasteiger partial charge in [-0.3, -0.25) is 9.59 Å².